The highest BCUT2D eigenvalue weighted by Gasteiger charge is 2.17. The zero-order chi connectivity index (χ0) is 17.1. The van der Waals surface area contributed by atoms with Crippen LogP contribution in [-0.4, -0.2) is 11.0 Å². The summed E-state index contributed by atoms with van der Waals surface area (Å²) >= 11 is 0. The molecule has 6 heteroatoms. The van der Waals surface area contributed by atoms with Gasteiger partial charge in [-0.05, 0) is 41.5 Å². The topological polar surface area (TPSA) is 81.5 Å². The minimum absolute atomic E-state index is 0.0939. The highest BCUT2D eigenvalue weighted by molar-refractivity contribution is 5.90. The summed E-state index contributed by atoms with van der Waals surface area (Å²) in [6, 6.07) is 17.5. The zero-order valence-corrected chi connectivity index (χ0v) is 12.9. The molecular formula is C18H14N2O4. The number of nitro groups is 1. The van der Waals surface area contributed by atoms with E-state index >= 15 is 0 Å². The number of carbonyl (C=O) groups is 1. The van der Waals surface area contributed by atoms with Crippen LogP contribution in [0.2, 0.25) is 0 Å². The Balaban J connectivity index is 1.79. The van der Waals surface area contributed by atoms with Gasteiger partial charge in [-0.1, -0.05) is 36.4 Å². The summed E-state index contributed by atoms with van der Waals surface area (Å²) in [5.41, 5.74) is 0.650. The highest BCUT2D eigenvalue weighted by Crippen LogP contribution is 2.26. The Labute approximate surface area is 137 Å². The Hall–Kier alpha value is -3.41. The maximum atomic E-state index is 12.0. The van der Waals surface area contributed by atoms with Crippen molar-refractivity contribution in [3.05, 3.63) is 76.3 Å². The quantitative estimate of drug-likeness (QED) is 0.561. The van der Waals surface area contributed by atoms with Crippen LogP contribution in [0.4, 0.5) is 16.2 Å². The highest BCUT2D eigenvalue weighted by atomic mass is 16.6. The van der Waals surface area contributed by atoms with Crippen molar-refractivity contribution in [3.63, 3.8) is 0 Å². The minimum Gasteiger partial charge on any atom is -0.410 e. The Morgan fingerprint density at radius 2 is 1.79 bits per heavy atom. The first kappa shape index (κ1) is 15.5. The van der Waals surface area contributed by atoms with E-state index in [0.717, 1.165) is 16.3 Å². The molecule has 0 aromatic heterocycles. The molecule has 0 spiro atoms. The molecule has 1 N–H and O–H groups in total. The number of ether oxygens (including phenoxy) is 1. The molecule has 1 amide bonds. The number of hydrogen-bond donors (Lipinski definition) is 1. The van der Waals surface area contributed by atoms with E-state index in [-0.39, 0.29) is 11.4 Å². The SMILES string of the molecule is Cc1ccc(NC(=O)Oc2ccc3ccccc3c2)c([N+](=O)[O-])c1. The first-order chi connectivity index (χ1) is 11.5. The van der Waals surface area contributed by atoms with Gasteiger partial charge >= 0.3 is 6.09 Å². The molecule has 3 aromatic rings. The van der Waals surface area contributed by atoms with E-state index in [2.05, 4.69) is 5.32 Å². The molecule has 0 bridgehead atoms. The second kappa shape index (κ2) is 6.37. The van der Waals surface area contributed by atoms with Gasteiger partial charge in [-0.25, -0.2) is 4.79 Å². The van der Waals surface area contributed by atoms with Gasteiger partial charge in [0.15, 0.2) is 0 Å². The first-order valence-electron chi connectivity index (χ1n) is 7.25. The lowest BCUT2D eigenvalue weighted by atomic mass is 10.1. The number of hydrogen-bond acceptors (Lipinski definition) is 4. The molecule has 0 saturated carbocycles. The average Bonchev–Trinajstić information content (AvgIpc) is 2.56. The second-order valence-electron chi connectivity index (χ2n) is 5.30. The molecular weight excluding hydrogens is 308 g/mol. The fourth-order valence-electron chi connectivity index (χ4n) is 2.37. The summed E-state index contributed by atoms with van der Waals surface area (Å²) in [5, 5.41) is 15.4. The number of amides is 1. The number of fused-ring (bicyclic) bond motifs is 1. The fraction of sp³-hybridized carbons (Fsp3) is 0.0556. The van der Waals surface area contributed by atoms with Gasteiger partial charge in [-0.2, -0.15) is 0 Å². The summed E-state index contributed by atoms with van der Waals surface area (Å²) in [6.45, 7) is 1.74. The predicted molar refractivity (Wildman–Crippen MR) is 91.4 cm³/mol. The lowest BCUT2D eigenvalue weighted by Crippen LogP contribution is -2.17. The van der Waals surface area contributed by atoms with Crippen LogP contribution in [0.15, 0.2) is 60.7 Å². The molecule has 0 heterocycles. The molecule has 0 aliphatic rings. The normalized spacial score (nSPS) is 10.4. The van der Waals surface area contributed by atoms with Crippen LogP contribution in [0.3, 0.4) is 0 Å². The molecule has 3 aromatic carbocycles. The molecule has 3 rings (SSSR count). The van der Waals surface area contributed by atoms with Crippen molar-refractivity contribution < 1.29 is 14.5 Å². The lowest BCUT2D eigenvalue weighted by Gasteiger charge is -2.08. The summed E-state index contributed by atoms with van der Waals surface area (Å²) < 4.78 is 5.22. The van der Waals surface area contributed by atoms with Gasteiger partial charge in [0.2, 0.25) is 0 Å². The number of aryl methyl sites for hydroxylation is 1. The van der Waals surface area contributed by atoms with Crippen LogP contribution in [0.1, 0.15) is 5.56 Å². The van der Waals surface area contributed by atoms with Crippen molar-refractivity contribution >= 4 is 28.2 Å². The van der Waals surface area contributed by atoms with Gasteiger partial charge in [0, 0.05) is 6.07 Å². The minimum atomic E-state index is -0.780. The standard InChI is InChI=1S/C18H14N2O4/c1-12-6-9-16(17(10-12)20(22)23)19-18(21)24-15-8-7-13-4-2-3-5-14(13)11-15/h2-11H,1H3,(H,19,21). The number of nitrogens with zero attached hydrogens (tertiary/aromatic N) is 1. The molecule has 0 fully saturated rings. The summed E-state index contributed by atoms with van der Waals surface area (Å²) in [7, 11) is 0. The third kappa shape index (κ3) is 3.33. The van der Waals surface area contributed by atoms with Gasteiger partial charge in [0.25, 0.3) is 5.69 Å². The second-order valence-corrected chi connectivity index (χ2v) is 5.30. The van der Waals surface area contributed by atoms with Crippen LogP contribution >= 0.6 is 0 Å². The van der Waals surface area contributed by atoms with Gasteiger partial charge in [-0.3, -0.25) is 15.4 Å². The zero-order valence-electron chi connectivity index (χ0n) is 12.9. The van der Waals surface area contributed by atoms with E-state index in [0.29, 0.717) is 5.75 Å². The molecule has 24 heavy (non-hydrogen) atoms. The fourth-order valence-corrected chi connectivity index (χ4v) is 2.37. The summed E-state index contributed by atoms with van der Waals surface area (Å²) in [5.74, 6) is 0.362. The lowest BCUT2D eigenvalue weighted by molar-refractivity contribution is -0.384. The van der Waals surface area contributed by atoms with E-state index in [1.165, 1.54) is 12.1 Å². The van der Waals surface area contributed by atoms with Crippen LogP contribution in [0.5, 0.6) is 5.75 Å². The van der Waals surface area contributed by atoms with Crippen LogP contribution in [-0.2, 0) is 0 Å². The van der Waals surface area contributed by atoms with Gasteiger partial charge in [0.05, 0.1) is 4.92 Å². The Kier molecular flexibility index (Phi) is 4.11. The molecule has 0 unspecified atom stereocenters. The number of nitro benzene ring substituents is 1. The monoisotopic (exact) mass is 322 g/mol. The van der Waals surface area contributed by atoms with Crippen LogP contribution < -0.4 is 10.1 Å². The number of anilines is 1. The van der Waals surface area contributed by atoms with Crippen molar-refractivity contribution in [3.8, 4) is 5.75 Å². The maximum Gasteiger partial charge on any atom is 0.417 e. The van der Waals surface area contributed by atoms with E-state index in [4.69, 9.17) is 4.74 Å². The molecule has 0 radical (unpaired) electrons. The van der Waals surface area contributed by atoms with Crippen molar-refractivity contribution in [2.45, 2.75) is 6.92 Å². The molecule has 0 aliphatic carbocycles. The van der Waals surface area contributed by atoms with Crippen molar-refractivity contribution in [1.82, 2.24) is 0 Å². The van der Waals surface area contributed by atoms with E-state index < -0.39 is 11.0 Å². The molecule has 120 valence electrons. The summed E-state index contributed by atoms with van der Waals surface area (Å²) in [4.78, 5) is 22.6. The smallest absolute Gasteiger partial charge is 0.410 e. The average molecular weight is 322 g/mol. The van der Waals surface area contributed by atoms with E-state index in [1.54, 1.807) is 25.1 Å². The summed E-state index contributed by atoms with van der Waals surface area (Å²) in [6.07, 6.45) is -0.780. The van der Waals surface area contributed by atoms with Crippen LogP contribution in [0, 0.1) is 17.0 Å². The van der Waals surface area contributed by atoms with Crippen molar-refractivity contribution in [2.24, 2.45) is 0 Å². The van der Waals surface area contributed by atoms with Crippen LogP contribution in [0.25, 0.3) is 10.8 Å². The molecule has 6 nitrogen and oxygen atoms in total. The van der Waals surface area contributed by atoms with Crippen molar-refractivity contribution in [1.29, 1.82) is 0 Å². The molecule has 0 atom stereocenters. The Bertz CT molecular complexity index is 937. The Morgan fingerprint density at radius 3 is 2.54 bits per heavy atom. The van der Waals surface area contributed by atoms with Crippen molar-refractivity contribution in [2.75, 3.05) is 5.32 Å². The maximum absolute atomic E-state index is 12.0. The number of benzene rings is 3. The third-order valence-electron chi connectivity index (χ3n) is 3.52. The van der Waals surface area contributed by atoms with Gasteiger partial charge in [-0.15, -0.1) is 0 Å². The van der Waals surface area contributed by atoms with E-state index in [9.17, 15) is 14.9 Å². The largest absolute Gasteiger partial charge is 0.417 e. The number of rotatable bonds is 3. The van der Waals surface area contributed by atoms with Gasteiger partial charge < -0.3 is 4.74 Å². The third-order valence-corrected chi connectivity index (χ3v) is 3.52. The number of nitrogens with one attached hydrogen (secondary N) is 1. The van der Waals surface area contributed by atoms with E-state index in [1.807, 2.05) is 30.3 Å². The van der Waals surface area contributed by atoms with Gasteiger partial charge in [0.1, 0.15) is 11.4 Å². The molecule has 0 aliphatic heterocycles. The number of carbonyl (C=O) groups excluding carboxylic acids is 1. The predicted octanol–water partition coefficient (Wildman–Crippen LogP) is 4.67. The Morgan fingerprint density at radius 1 is 1.04 bits per heavy atom. The molecule has 0 saturated heterocycles. The first-order valence-corrected chi connectivity index (χ1v) is 7.25.